The lowest BCUT2D eigenvalue weighted by Gasteiger charge is -2.31. The van der Waals surface area contributed by atoms with Crippen LogP contribution in [0.25, 0.3) is 0 Å². The highest BCUT2D eigenvalue weighted by Gasteiger charge is 2.45. The van der Waals surface area contributed by atoms with Gasteiger partial charge in [-0.25, -0.2) is 0 Å². The van der Waals surface area contributed by atoms with Crippen molar-refractivity contribution in [1.29, 1.82) is 0 Å². The molecule has 2 fully saturated rings. The number of nitrogens with zero attached hydrogens (tertiary/aromatic N) is 2. The average Bonchev–Trinajstić information content (AvgIpc) is 3.42. The number of allylic oxidation sites excluding steroid dienone is 1. The molecule has 43 heavy (non-hydrogen) atoms. The van der Waals surface area contributed by atoms with Gasteiger partial charge in [-0.2, -0.15) is 0 Å². The predicted molar refractivity (Wildman–Crippen MR) is 158 cm³/mol. The maximum Gasteiger partial charge on any atom is 0.262 e. The molecule has 10 nitrogen and oxygen atoms in total. The number of piperidine rings is 2. The monoisotopic (exact) mass is 584 g/mol. The fourth-order valence-corrected chi connectivity index (χ4v) is 6.25. The molecule has 0 saturated carbocycles. The Morgan fingerprint density at radius 3 is 1.95 bits per heavy atom. The van der Waals surface area contributed by atoms with Gasteiger partial charge in [0.1, 0.15) is 12.1 Å². The maximum atomic E-state index is 12.7. The quantitative estimate of drug-likeness (QED) is 0.526. The summed E-state index contributed by atoms with van der Waals surface area (Å²) in [5.41, 5.74) is 5.28. The number of nitrogens with one attached hydrogen (secondary N) is 2. The molecule has 2 aromatic rings. The summed E-state index contributed by atoms with van der Waals surface area (Å²) >= 11 is 0. The standard InChI is InChI=1S/C17H20N2O2.C16H16N2O4/c1-10(2)12-5-4-6-13-14(12)9-19(17(13)21)15-8-7-11(3)18-16(15)20;1-8(2)9-4-3-5-10-13(9)16(22)18(15(10)21)11-6-7-12(19)17-14(11)20/h4-6,10,15H,3,7-9H2,1-2H3,(H,18,20);3-5,8,11H,6-7H2,1-2H3,(H,17,19,20). The Balaban J connectivity index is 0.000000171. The third-order valence-electron chi connectivity index (χ3n) is 8.47. The average molecular weight is 585 g/mol. The Hall–Kier alpha value is -4.60. The second kappa shape index (κ2) is 11.6. The zero-order valence-electron chi connectivity index (χ0n) is 24.9. The molecule has 6 rings (SSSR count). The first-order valence-electron chi connectivity index (χ1n) is 14.7. The number of fused-ring (bicyclic) bond motifs is 2. The zero-order chi connectivity index (χ0) is 31.2. The van der Waals surface area contributed by atoms with Crippen LogP contribution in [-0.4, -0.2) is 57.3 Å². The number of carbonyl (C=O) groups excluding carboxylic acids is 6. The van der Waals surface area contributed by atoms with E-state index in [1.807, 2.05) is 32.0 Å². The van der Waals surface area contributed by atoms with E-state index in [1.165, 1.54) is 5.56 Å². The number of imide groups is 2. The van der Waals surface area contributed by atoms with Crippen LogP contribution in [-0.2, 0) is 20.9 Å². The SMILES string of the molecule is C=C1CCC(N2Cc3c(cccc3C(C)C)C2=O)C(=O)N1.CC(C)c1cccc2c1C(=O)N(C1CCC(=O)NC1=O)C2=O. The zero-order valence-corrected chi connectivity index (χ0v) is 24.9. The molecule has 6 amide bonds. The molecule has 2 unspecified atom stereocenters. The number of rotatable bonds is 4. The van der Waals surface area contributed by atoms with Crippen LogP contribution in [0.4, 0.5) is 0 Å². The van der Waals surface area contributed by atoms with E-state index >= 15 is 0 Å². The fraction of sp³-hybridized carbons (Fsp3) is 0.394. The van der Waals surface area contributed by atoms with Crippen molar-refractivity contribution in [3.63, 3.8) is 0 Å². The van der Waals surface area contributed by atoms with Crippen LogP contribution < -0.4 is 10.6 Å². The predicted octanol–water partition coefficient (Wildman–Crippen LogP) is 3.77. The molecule has 2 atom stereocenters. The normalized spacial score (nSPS) is 21.6. The molecule has 10 heteroatoms. The molecule has 0 aliphatic carbocycles. The topological polar surface area (TPSA) is 133 Å². The van der Waals surface area contributed by atoms with Crippen molar-refractivity contribution in [2.24, 2.45) is 0 Å². The molecule has 0 bridgehead atoms. The maximum absolute atomic E-state index is 12.7. The first-order chi connectivity index (χ1) is 20.4. The summed E-state index contributed by atoms with van der Waals surface area (Å²) in [5, 5.41) is 4.95. The minimum absolute atomic E-state index is 0.0276. The molecular weight excluding hydrogens is 548 g/mol. The van der Waals surface area contributed by atoms with Gasteiger partial charge >= 0.3 is 0 Å². The van der Waals surface area contributed by atoms with E-state index in [9.17, 15) is 28.8 Å². The van der Waals surface area contributed by atoms with Gasteiger partial charge in [0, 0.05) is 24.2 Å². The van der Waals surface area contributed by atoms with E-state index in [1.54, 1.807) is 17.0 Å². The summed E-state index contributed by atoms with van der Waals surface area (Å²) in [5.74, 6) is -1.55. The summed E-state index contributed by atoms with van der Waals surface area (Å²) in [7, 11) is 0. The molecule has 4 aliphatic rings. The Kier molecular flexibility index (Phi) is 8.05. The molecule has 2 aromatic carbocycles. The number of hydrogen-bond acceptors (Lipinski definition) is 6. The molecule has 0 radical (unpaired) electrons. The van der Waals surface area contributed by atoms with Crippen LogP contribution in [0, 0.1) is 0 Å². The lowest BCUT2D eigenvalue weighted by atomic mass is 9.94. The number of benzene rings is 2. The van der Waals surface area contributed by atoms with Gasteiger partial charge in [0.2, 0.25) is 17.7 Å². The van der Waals surface area contributed by atoms with Gasteiger partial charge in [-0.3, -0.25) is 39.0 Å². The van der Waals surface area contributed by atoms with E-state index < -0.39 is 23.8 Å². The van der Waals surface area contributed by atoms with E-state index in [0.29, 0.717) is 30.0 Å². The van der Waals surface area contributed by atoms with Crippen LogP contribution in [0.3, 0.4) is 0 Å². The number of amides is 6. The highest BCUT2D eigenvalue weighted by Crippen LogP contribution is 2.34. The molecule has 0 spiro atoms. The van der Waals surface area contributed by atoms with Crippen molar-refractivity contribution in [2.75, 3.05) is 0 Å². The van der Waals surface area contributed by atoms with E-state index in [4.69, 9.17) is 0 Å². The van der Waals surface area contributed by atoms with Crippen LogP contribution in [0.15, 0.2) is 48.7 Å². The van der Waals surface area contributed by atoms with Gasteiger partial charge in [-0.05, 0) is 59.9 Å². The lowest BCUT2D eigenvalue weighted by Crippen LogP contribution is -2.54. The van der Waals surface area contributed by atoms with E-state index in [2.05, 4.69) is 37.1 Å². The number of carbonyl (C=O) groups is 6. The fourth-order valence-electron chi connectivity index (χ4n) is 6.25. The van der Waals surface area contributed by atoms with Crippen LogP contribution in [0.1, 0.15) is 113 Å². The van der Waals surface area contributed by atoms with Gasteiger partial charge in [-0.15, -0.1) is 0 Å². The van der Waals surface area contributed by atoms with Crippen molar-refractivity contribution in [3.8, 4) is 0 Å². The molecule has 4 heterocycles. The summed E-state index contributed by atoms with van der Waals surface area (Å²) in [6.07, 6.45) is 1.68. The Bertz CT molecular complexity index is 1570. The first kappa shape index (κ1) is 29.9. The molecule has 224 valence electrons. The van der Waals surface area contributed by atoms with Crippen molar-refractivity contribution in [2.45, 2.75) is 83.8 Å². The molecule has 4 aliphatic heterocycles. The molecule has 0 aromatic heterocycles. The van der Waals surface area contributed by atoms with Gasteiger partial charge in [-0.1, -0.05) is 58.5 Å². The third-order valence-corrected chi connectivity index (χ3v) is 8.47. The minimum Gasteiger partial charge on any atom is -0.329 e. The van der Waals surface area contributed by atoms with Crippen molar-refractivity contribution >= 4 is 35.4 Å². The highest BCUT2D eigenvalue weighted by atomic mass is 16.2. The summed E-state index contributed by atoms with van der Waals surface area (Å²) in [6.45, 7) is 12.5. The second-order valence-electron chi connectivity index (χ2n) is 12.0. The Labute approximate surface area is 250 Å². The molecule has 2 N–H and O–H groups in total. The van der Waals surface area contributed by atoms with Crippen molar-refractivity contribution in [1.82, 2.24) is 20.4 Å². The highest BCUT2D eigenvalue weighted by molar-refractivity contribution is 6.24. The third kappa shape index (κ3) is 5.37. The van der Waals surface area contributed by atoms with Crippen molar-refractivity contribution in [3.05, 3.63) is 82.1 Å². The Morgan fingerprint density at radius 1 is 0.721 bits per heavy atom. The lowest BCUT2D eigenvalue weighted by molar-refractivity contribution is -0.136. The van der Waals surface area contributed by atoms with Gasteiger partial charge < -0.3 is 10.2 Å². The van der Waals surface area contributed by atoms with Crippen molar-refractivity contribution < 1.29 is 28.8 Å². The largest absolute Gasteiger partial charge is 0.329 e. The van der Waals surface area contributed by atoms with Crippen LogP contribution in [0.5, 0.6) is 0 Å². The minimum atomic E-state index is -0.912. The molecule has 2 saturated heterocycles. The second-order valence-corrected chi connectivity index (χ2v) is 12.0. The van der Waals surface area contributed by atoms with Gasteiger partial charge in [0.15, 0.2) is 0 Å². The smallest absolute Gasteiger partial charge is 0.262 e. The summed E-state index contributed by atoms with van der Waals surface area (Å²) in [4.78, 5) is 75.9. The van der Waals surface area contributed by atoms with E-state index in [-0.39, 0.29) is 42.5 Å². The first-order valence-corrected chi connectivity index (χ1v) is 14.7. The summed E-state index contributed by atoms with van der Waals surface area (Å²) in [6, 6.07) is 9.74. The Morgan fingerprint density at radius 2 is 1.33 bits per heavy atom. The molecular formula is C33H36N4O6. The van der Waals surface area contributed by atoms with Gasteiger partial charge in [0.25, 0.3) is 17.7 Å². The number of hydrogen-bond donors (Lipinski definition) is 2. The van der Waals surface area contributed by atoms with Crippen LogP contribution in [0.2, 0.25) is 0 Å². The summed E-state index contributed by atoms with van der Waals surface area (Å²) < 4.78 is 0. The van der Waals surface area contributed by atoms with Gasteiger partial charge in [0.05, 0.1) is 11.1 Å². The van der Waals surface area contributed by atoms with Crippen LogP contribution >= 0.6 is 0 Å². The van der Waals surface area contributed by atoms with E-state index in [0.717, 1.165) is 33.7 Å².